The Morgan fingerprint density at radius 1 is 0.609 bits per heavy atom. The molecule has 0 aromatic rings. The standard InChI is InChI=1S/C30H50N2O8S6/c33-23(15-11-9-7-5-3-1-2-4-6-8-10-12-17-26(35)36)21-22(27(37)38)18-19-25(34)31-20-14-13-16-24(28(39)40)32-29-41-43-30(44-42-29)45-46-30/h22,24,29,32H,1-21H2,(H,31,34)(H,35,36)(H,37,38)(H,39,40)/t22-,24+/m1/s1. The molecule has 2 aliphatic heterocycles. The highest BCUT2D eigenvalue weighted by molar-refractivity contribution is 9.14. The fourth-order valence-corrected chi connectivity index (χ4v) is 17.9. The van der Waals surface area contributed by atoms with Gasteiger partial charge in [-0.3, -0.25) is 29.3 Å². The average molecular weight is 759 g/mol. The van der Waals surface area contributed by atoms with Gasteiger partial charge in [0.05, 0.1) is 5.92 Å². The van der Waals surface area contributed by atoms with E-state index in [0.29, 0.717) is 32.2 Å². The molecule has 5 N–H and O–H groups in total. The number of carbonyl (C=O) groups excluding carboxylic acids is 2. The Morgan fingerprint density at radius 2 is 1.15 bits per heavy atom. The van der Waals surface area contributed by atoms with Crippen LogP contribution in [0.2, 0.25) is 0 Å². The summed E-state index contributed by atoms with van der Waals surface area (Å²) in [5, 5.41) is 33.8. The highest BCUT2D eigenvalue weighted by Gasteiger charge is 2.52. The summed E-state index contributed by atoms with van der Waals surface area (Å²) in [6, 6.07) is -0.653. The number of hydrogen-bond donors (Lipinski definition) is 5. The molecule has 2 fully saturated rings. The van der Waals surface area contributed by atoms with Crippen molar-refractivity contribution in [3.63, 3.8) is 0 Å². The number of carboxylic acid groups (broad SMARTS) is 3. The summed E-state index contributed by atoms with van der Waals surface area (Å²) in [6.07, 6.45) is 15.2. The van der Waals surface area contributed by atoms with Crippen LogP contribution in [0.25, 0.3) is 0 Å². The third-order valence-electron chi connectivity index (χ3n) is 7.71. The quantitative estimate of drug-likeness (QED) is 0.0280. The van der Waals surface area contributed by atoms with E-state index in [2.05, 4.69) is 10.6 Å². The first-order chi connectivity index (χ1) is 22.1. The number of Topliss-reactive ketones (excluding diaryl/α,β-unsaturated/α-hetero) is 1. The first kappa shape index (κ1) is 41.8. The summed E-state index contributed by atoms with van der Waals surface area (Å²) in [5.74, 6) is -3.83. The predicted molar refractivity (Wildman–Crippen MR) is 196 cm³/mol. The van der Waals surface area contributed by atoms with Gasteiger partial charge in [-0.1, -0.05) is 85.8 Å². The molecule has 0 unspecified atom stereocenters. The van der Waals surface area contributed by atoms with E-state index in [-0.39, 0.29) is 44.8 Å². The van der Waals surface area contributed by atoms with Crippen molar-refractivity contribution in [3.8, 4) is 0 Å². The Kier molecular flexibility index (Phi) is 22.4. The predicted octanol–water partition coefficient (Wildman–Crippen LogP) is 8.37. The van der Waals surface area contributed by atoms with E-state index in [9.17, 15) is 34.2 Å². The van der Waals surface area contributed by atoms with Crippen molar-refractivity contribution in [3.05, 3.63) is 0 Å². The van der Waals surface area contributed by atoms with Crippen LogP contribution in [-0.4, -0.2) is 65.0 Å². The molecule has 0 radical (unpaired) electrons. The molecule has 1 spiro atoms. The first-order valence-electron chi connectivity index (χ1n) is 16.4. The minimum absolute atomic E-state index is 0.00434. The van der Waals surface area contributed by atoms with Crippen LogP contribution in [0.15, 0.2) is 0 Å². The van der Waals surface area contributed by atoms with Gasteiger partial charge < -0.3 is 20.6 Å². The Balaban J connectivity index is 1.44. The zero-order chi connectivity index (χ0) is 33.6. The lowest BCUT2D eigenvalue weighted by Gasteiger charge is -2.27. The maximum atomic E-state index is 12.4. The Labute approximate surface area is 297 Å². The summed E-state index contributed by atoms with van der Waals surface area (Å²) in [5.41, 5.74) is 0. The van der Waals surface area contributed by atoms with Crippen molar-refractivity contribution >= 4 is 94.4 Å². The van der Waals surface area contributed by atoms with Crippen LogP contribution in [0.4, 0.5) is 0 Å². The molecule has 2 aliphatic rings. The smallest absolute Gasteiger partial charge is 0.320 e. The lowest BCUT2D eigenvalue weighted by atomic mass is 9.94. The van der Waals surface area contributed by atoms with Gasteiger partial charge in [0.2, 0.25) is 5.91 Å². The topological polar surface area (TPSA) is 170 Å². The molecular formula is C30H50N2O8S6. The van der Waals surface area contributed by atoms with Gasteiger partial charge in [-0.25, -0.2) is 0 Å². The number of nitrogens with one attached hydrogen (secondary N) is 2. The molecule has 1 amide bonds. The van der Waals surface area contributed by atoms with Crippen LogP contribution >= 0.6 is 64.8 Å². The zero-order valence-corrected chi connectivity index (χ0v) is 31.3. The number of hydrogen-bond acceptors (Lipinski definition) is 12. The molecule has 2 rings (SSSR count). The van der Waals surface area contributed by atoms with Crippen molar-refractivity contribution < 1.29 is 39.3 Å². The van der Waals surface area contributed by atoms with E-state index in [1.165, 1.54) is 25.7 Å². The van der Waals surface area contributed by atoms with Gasteiger partial charge in [-0.05, 0) is 81.7 Å². The number of unbranched alkanes of at least 4 members (excludes halogenated alkanes) is 12. The molecule has 2 saturated heterocycles. The fourth-order valence-electron chi connectivity index (χ4n) is 4.97. The third kappa shape index (κ3) is 20.2. The van der Waals surface area contributed by atoms with Crippen LogP contribution in [-0.2, 0) is 24.0 Å². The number of rotatable bonds is 29. The van der Waals surface area contributed by atoms with Crippen LogP contribution in [0, 0.1) is 5.92 Å². The summed E-state index contributed by atoms with van der Waals surface area (Å²) in [4.78, 5) is 58.6. The van der Waals surface area contributed by atoms with Crippen LogP contribution in [0.3, 0.4) is 0 Å². The highest BCUT2D eigenvalue weighted by Crippen LogP contribution is 2.83. The van der Waals surface area contributed by atoms with Gasteiger partial charge in [0.25, 0.3) is 0 Å². The summed E-state index contributed by atoms with van der Waals surface area (Å²) in [7, 11) is 10.5. The van der Waals surface area contributed by atoms with Crippen LogP contribution in [0.1, 0.15) is 128 Å². The van der Waals surface area contributed by atoms with Gasteiger partial charge in [0.1, 0.15) is 16.5 Å². The minimum Gasteiger partial charge on any atom is -0.481 e. The van der Waals surface area contributed by atoms with Crippen molar-refractivity contribution in [2.75, 3.05) is 6.54 Å². The maximum Gasteiger partial charge on any atom is 0.320 e. The summed E-state index contributed by atoms with van der Waals surface area (Å²) in [6.45, 7) is 0.396. The molecule has 264 valence electrons. The SMILES string of the molecule is O=C(O)CCCCCCCCCCCCCCC(=O)C[C@@H](CCC(=O)NCCCC[C@H](NC1SSC2(SS1)SS2)C(=O)O)C(=O)O. The Morgan fingerprint density at radius 3 is 1.65 bits per heavy atom. The second-order valence-corrected chi connectivity index (χ2v) is 21.2. The summed E-state index contributed by atoms with van der Waals surface area (Å²) >= 11 is 0. The molecule has 2 atom stereocenters. The third-order valence-corrected chi connectivity index (χ3v) is 21.1. The molecule has 2 heterocycles. The first-order valence-corrected chi connectivity index (χ1v) is 23.0. The number of carboxylic acids is 3. The van der Waals surface area contributed by atoms with Crippen molar-refractivity contribution in [2.24, 2.45) is 5.92 Å². The lowest BCUT2D eigenvalue weighted by molar-refractivity contribution is -0.144. The number of aliphatic carboxylic acids is 3. The second-order valence-electron chi connectivity index (χ2n) is 11.7. The number of ketones is 1. The monoisotopic (exact) mass is 758 g/mol. The lowest BCUT2D eigenvalue weighted by Crippen LogP contribution is -2.41. The van der Waals surface area contributed by atoms with Gasteiger partial charge >= 0.3 is 17.9 Å². The molecule has 46 heavy (non-hydrogen) atoms. The number of amides is 1. The Hall–Kier alpha value is -0.390. The van der Waals surface area contributed by atoms with Gasteiger partial charge in [0, 0.05) is 32.2 Å². The molecule has 10 nitrogen and oxygen atoms in total. The normalized spacial score (nSPS) is 17.0. The van der Waals surface area contributed by atoms with E-state index in [1.807, 2.05) is 21.6 Å². The minimum atomic E-state index is -1.05. The zero-order valence-electron chi connectivity index (χ0n) is 26.4. The van der Waals surface area contributed by atoms with E-state index < -0.39 is 29.9 Å². The van der Waals surface area contributed by atoms with E-state index >= 15 is 0 Å². The van der Waals surface area contributed by atoms with Gasteiger partial charge in [-0.15, -0.1) is 0 Å². The van der Waals surface area contributed by atoms with Crippen molar-refractivity contribution in [1.29, 1.82) is 0 Å². The van der Waals surface area contributed by atoms with Crippen molar-refractivity contribution in [2.45, 2.75) is 142 Å². The van der Waals surface area contributed by atoms with E-state index in [1.54, 1.807) is 43.2 Å². The van der Waals surface area contributed by atoms with Gasteiger partial charge in [0.15, 0.2) is 2.74 Å². The van der Waals surface area contributed by atoms with Crippen LogP contribution in [0.5, 0.6) is 0 Å². The van der Waals surface area contributed by atoms with Gasteiger partial charge in [-0.2, -0.15) is 0 Å². The highest BCUT2D eigenvalue weighted by atomic mass is 33.2. The summed E-state index contributed by atoms with van der Waals surface area (Å²) < 4.78 is 0.172. The molecule has 0 saturated carbocycles. The van der Waals surface area contributed by atoms with E-state index in [0.717, 1.165) is 51.4 Å². The van der Waals surface area contributed by atoms with Crippen molar-refractivity contribution in [1.82, 2.24) is 10.6 Å². The molecular weight excluding hydrogens is 709 g/mol. The fraction of sp³-hybridized carbons (Fsp3) is 0.833. The largest absolute Gasteiger partial charge is 0.481 e. The number of carbonyl (C=O) groups is 5. The molecule has 16 heteroatoms. The second kappa shape index (κ2) is 24.7. The molecule has 0 aromatic heterocycles. The molecule has 0 aromatic carbocycles. The average Bonchev–Trinajstić information content (AvgIpc) is 3.77. The molecule has 0 bridgehead atoms. The maximum absolute atomic E-state index is 12.4. The van der Waals surface area contributed by atoms with E-state index in [4.69, 9.17) is 5.11 Å². The Bertz CT molecular complexity index is 948. The molecule has 0 aliphatic carbocycles. The van der Waals surface area contributed by atoms with Crippen LogP contribution < -0.4 is 10.6 Å².